The third-order valence-electron chi connectivity index (χ3n) is 3.33. The average Bonchev–Trinajstić information content (AvgIpc) is 2.92. The molecule has 0 aromatic carbocycles. The van der Waals surface area contributed by atoms with E-state index in [1.165, 1.54) is 22.7 Å². The van der Waals surface area contributed by atoms with Crippen molar-refractivity contribution in [1.82, 2.24) is 9.47 Å². The van der Waals surface area contributed by atoms with E-state index in [4.69, 9.17) is 10.2 Å². The Morgan fingerprint density at radius 2 is 2.10 bits per heavy atom. The van der Waals surface area contributed by atoms with Crippen LogP contribution in [-0.4, -0.2) is 47.5 Å². The summed E-state index contributed by atoms with van der Waals surface area (Å²) in [5.41, 5.74) is 0.0992. The molecule has 1 aliphatic heterocycles. The Morgan fingerprint density at radius 3 is 2.60 bits per heavy atom. The number of amides is 1. The normalized spacial score (nSPS) is 19.3. The van der Waals surface area contributed by atoms with Crippen LogP contribution in [0.25, 0.3) is 0 Å². The highest BCUT2D eigenvalue weighted by molar-refractivity contribution is 7.89. The largest absolute Gasteiger partial charge is 0.480 e. The number of aryl methyl sites for hydroxylation is 1. The molecule has 1 aliphatic rings. The van der Waals surface area contributed by atoms with E-state index in [-0.39, 0.29) is 10.6 Å². The first-order valence-corrected chi connectivity index (χ1v) is 7.49. The number of aliphatic carboxylic acids is 1. The van der Waals surface area contributed by atoms with E-state index in [0.717, 1.165) is 6.07 Å². The topological polar surface area (TPSA) is 123 Å². The first-order valence-electron chi connectivity index (χ1n) is 5.95. The van der Waals surface area contributed by atoms with E-state index in [2.05, 4.69) is 0 Å². The van der Waals surface area contributed by atoms with E-state index in [9.17, 15) is 18.0 Å². The Balaban J connectivity index is 2.35. The van der Waals surface area contributed by atoms with Crippen molar-refractivity contribution in [3.8, 4) is 0 Å². The monoisotopic (exact) mass is 301 g/mol. The number of carboxylic acid groups (broad SMARTS) is 1. The number of nitrogens with zero attached hydrogens (tertiary/aromatic N) is 2. The minimum absolute atomic E-state index is 0.0992. The number of aromatic nitrogens is 1. The lowest BCUT2D eigenvalue weighted by Crippen LogP contribution is -2.41. The van der Waals surface area contributed by atoms with Crippen LogP contribution in [0.3, 0.4) is 0 Å². The lowest BCUT2D eigenvalue weighted by Gasteiger charge is -2.21. The number of rotatable bonds is 3. The van der Waals surface area contributed by atoms with Crippen molar-refractivity contribution in [3.63, 3.8) is 0 Å². The van der Waals surface area contributed by atoms with Crippen molar-refractivity contribution in [3.05, 3.63) is 18.0 Å². The number of hydrogen-bond acceptors (Lipinski definition) is 4. The minimum Gasteiger partial charge on any atom is -0.480 e. The van der Waals surface area contributed by atoms with Crippen LogP contribution in [-0.2, 0) is 21.9 Å². The molecule has 110 valence electrons. The number of primary sulfonamides is 1. The third-order valence-corrected chi connectivity index (χ3v) is 4.21. The van der Waals surface area contributed by atoms with Crippen LogP contribution in [0.1, 0.15) is 23.3 Å². The highest BCUT2D eigenvalue weighted by atomic mass is 32.2. The van der Waals surface area contributed by atoms with Gasteiger partial charge in [0.15, 0.2) is 0 Å². The molecule has 0 aliphatic carbocycles. The van der Waals surface area contributed by atoms with Gasteiger partial charge in [0, 0.05) is 19.8 Å². The smallest absolute Gasteiger partial charge is 0.326 e. The molecule has 0 saturated carbocycles. The highest BCUT2D eigenvalue weighted by Crippen LogP contribution is 2.22. The maximum Gasteiger partial charge on any atom is 0.326 e. The molecule has 1 saturated heterocycles. The SMILES string of the molecule is Cn1cc(S(N)(=O)=O)cc1C(=O)N1CCC[C@H]1C(=O)O. The highest BCUT2D eigenvalue weighted by Gasteiger charge is 2.35. The molecule has 0 unspecified atom stereocenters. The minimum atomic E-state index is -3.90. The fourth-order valence-electron chi connectivity index (χ4n) is 2.32. The molecule has 2 rings (SSSR count). The van der Waals surface area contributed by atoms with Gasteiger partial charge < -0.3 is 14.6 Å². The van der Waals surface area contributed by atoms with Crippen LogP contribution in [0.4, 0.5) is 0 Å². The molecular weight excluding hydrogens is 286 g/mol. The van der Waals surface area contributed by atoms with Gasteiger partial charge in [0.25, 0.3) is 5.91 Å². The number of nitrogens with two attached hydrogens (primary N) is 1. The lowest BCUT2D eigenvalue weighted by atomic mass is 10.2. The van der Waals surface area contributed by atoms with Gasteiger partial charge in [0.05, 0.1) is 0 Å². The summed E-state index contributed by atoms with van der Waals surface area (Å²) in [4.78, 5) is 24.5. The predicted octanol–water partition coefficient (Wildman–Crippen LogP) is -0.638. The van der Waals surface area contributed by atoms with Gasteiger partial charge in [-0.25, -0.2) is 18.4 Å². The van der Waals surface area contributed by atoms with E-state index in [0.29, 0.717) is 19.4 Å². The Hall–Kier alpha value is -1.87. The second-order valence-corrected chi connectivity index (χ2v) is 6.27. The molecule has 1 fully saturated rings. The van der Waals surface area contributed by atoms with Crippen molar-refractivity contribution in [1.29, 1.82) is 0 Å². The van der Waals surface area contributed by atoms with Crippen molar-refractivity contribution in [2.24, 2.45) is 12.2 Å². The maximum atomic E-state index is 12.3. The van der Waals surface area contributed by atoms with Crippen molar-refractivity contribution >= 4 is 21.9 Å². The standard InChI is InChI=1S/C11H15N3O5S/c1-13-6-7(20(12,18)19)5-9(13)10(15)14-4-2-3-8(14)11(16)17/h5-6,8H,2-4H2,1H3,(H,16,17)(H2,12,18,19)/t8-/m0/s1. The summed E-state index contributed by atoms with van der Waals surface area (Å²) in [5, 5.41) is 14.1. The molecule has 1 aromatic heterocycles. The van der Waals surface area contributed by atoms with Crippen LogP contribution in [0.15, 0.2) is 17.2 Å². The molecular formula is C11H15N3O5S. The van der Waals surface area contributed by atoms with E-state index in [1.54, 1.807) is 0 Å². The van der Waals surface area contributed by atoms with Crippen molar-refractivity contribution < 1.29 is 23.1 Å². The summed E-state index contributed by atoms with van der Waals surface area (Å²) in [6.07, 6.45) is 2.23. The van der Waals surface area contributed by atoms with Gasteiger partial charge >= 0.3 is 5.97 Å². The Labute approximate surface area is 115 Å². The number of hydrogen-bond donors (Lipinski definition) is 2. The molecule has 0 spiro atoms. The predicted molar refractivity (Wildman–Crippen MR) is 68.5 cm³/mol. The second kappa shape index (κ2) is 4.91. The molecule has 1 atom stereocenters. The van der Waals surface area contributed by atoms with Crippen LogP contribution in [0.5, 0.6) is 0 Å². The van der Waals surface area contributed by atoms with E-state index in [1.807, 2.05) is 0 Å². The first-order chi connectivity index (χ1) is 9.21. The fraction of sp³-hybridized carbons (Fsp3) is 0.455. The Kier molecular flexibility index (Phi) is 3.57. The molecule has 1 amide bonds. The van der Waals surface area contributed by atoms with Crippen molar-refractivity contribution in [2.75, 3.05) is 6.54 Å². The van der Waals surface area contributed by atoms with Crippen LogP contribution >= 0.6 is 0 Å². The number of carbonyl (C=O) groups is 2. The van der Waals surface area contributed by atoms with Gasteiger partial charge in [-0.2, -0.15) is 0 Å². The van der Waals surface area contributed by atoms with Gasteiger partial charge in [0.1, 0.15) is 16.6 Å². The summed E-state index contributed by atoms with van der Waals surface area (Å²) >= 11 is 0. The maximum absolute atomic E-state index is 12.3. The number of likely N-dealkylation sites (tertiary alicyclic amines) is 1. The second-order valence-electron chi connectivity index (χ2n) is 4.71. The van der Waals surface area contributed by atoms with Gasteiger partial charge in [-0.1, -0.05) is 0 Å². The molecule has 0 bridgehead atoms. The first kappa shape index (κ1) is 14.5. The summed E-state index contributed by atoms with van der Waals surface area (Å²) in [5.74, 6) is -1.57. The summed E-state index contributed by atoms with van der Waals surface area (Å²) < 4.78 is 23.9. The van der Waals surface area contributed by atoms with Gasteiger partial charge in [-0.05, 0) is 18.9 Å². The molecule has 20 heavy (non-hydrogen) atoms. The van der Waals surface area contributed by atoms with Crippen LogP contribution in [0.2, 0.25) is 0 Å². The van der Waals surface area contributed by atoms with E-state index >= 15 is 0 Å². The van der Waals surface area contributed by atoms with Gasteiger partial charge in [0.2, 0.25) is 10.0 Å². The molecule has 9 heteroatoms. The van der Waals surface area contributed by atoms with Gasteiger partial charge in [-0.15, -0.1) is 0 Å². The zero-order valence-corrected chi connectivity index (χ0v) is 11.6. The summed E-state index contributed by atoms with van der Waals surface area (Å²) in [6.45, 7) is 0.339. The third kappa shape index (κ3) is 2.54. The Bertz CT molecular complexity index is 664. The molecule has 2 heterocycles. The fourth-order valence-corrected chi connectivity index (χ4v) is 2.90. The van der Waals surface area contributed by atoms with Crippen LogP contribution < -0.4 is 5.14 Å². The number of carboxylic acids is 1. The quantitative estimate of drug-likeness (QED) is 0.769. The molecule has 3 N–H and O–H groups in total. The van der Waals surface area contributed by atoms with E-state index < -0.39 is 27.9 Å². The lowest BCUT2D eigenvalue weighted by molar-refractivity contribution is -0.141. The van der Waals surface area contributed by atoms with Gasteiger partial charge in [-0.3, -0.25) is 4.79 Å². The summed E-state index contributed by atoms with van der Waals surface area (Å²) in [6, 6.07) is 0.296. The zero-order valence-electron chi connectivity index (χ0n) is 10.8. The number of sulfonamides is 1. The zero-order chi connectivity index (χ0) is 15.1. The summed E-state index contributed by atoms with van der Waals surface area (Å²) in [7, 11) is -2.39. The van der Waals surface area contributed by atoms with Crippen LogP contribution in [0, 0.1) is 0 Å². The Morgan fingerprint density at radius 1 is 1.45 bits per heavy atom. The molecule has 8 nitrogen and oxygen atoms in total. The number of carbonyl (C=O) groups excluding carboxylic acids is 1. The van der Waals surface area contributed by atoms with Crippen molar-refractivity contribution in [2.45, 2.75) is 23.8 Å². The average molecular weight is 301 g/mol. The molecule has 0 radical (unpaired) electrons. The molecule has 1 aromatic rings.